The second-order valence-electron chi connectivity index (χ2n) is 3.67. The molecule has 2 nitrogen and oxygen atoms in total. The number of carbonyl (C=O) groups excluding carboxylic acids is 1. The minimum atomic E-state index is -0.0502. The fourth-order valence-corrected chi connectivity index (χ4v) is 1.30. The predicted molar refractivity (Wildman–Crippen MR) is 62.8 cm³/mol. The summed E-state index contributed by atoms with van der Waals surface area (Å²) in [6.07, 6.45) is 5.70. The maximum Gasteiger partial charge on any atom is 0.305 e. The summed E-state index contributed by atoms with van der Waals surface area (Å²) in [5.74, 6) is -0.0502. The van der Waals surface area contributed by atoms with Gasteiger partial charge in [0.2, 0.25) is 0 Å². The van der Waals surface area contributed by atoms with Crippen LogP contribution in [0, 0.1) is 0 Å². The van der Waals surface area contributed by atoms with Crippen LogP contribution in [0.25, 0.3) is 0 Å². The lowest BCUT2D eigenvalue weighted by atomic mass is 10.2. The third kappa shape index (κ3) is 9.90. The number of hydrogen-bond donors (Lipinski definition) is 1. The van der Waals surface area contributed by atoms with E-state index in [1.165, 1.54) is 0 Å². The van der Waals surface area contributed by atoms with Gasteiger partial charge in [0, 0.05) is 6.42 Å². The summed E-state index contributed by atoms with van der Waals surface area (Å²) in [4.78, 5) is 11.1. The molecule has 0 aliphatic rings. The molecule has 0 N–H and O–H groups in total. The first kappa shape index (κ1) is 13.8. The van der Waals surface area contributed by atoms with Crippen LogP contribution in [0.1, 0.15) is 52.4 Å². The topological polar surface area (TPSA) is 26.3 Å². The lowest BCUT2D eigenvalue weighted by Gasteiger charge is -2.05. The Morgan fingerprint density at radius 2 is 2.07 bits per heavy atom. The lowest BCUT2D eigenvalue weighted by molar-refractivity contribution is -0.143. The summed E-state index contributed by atoms with van der Waals surface area (Å²) < 4.78 is 5.06. The summed E-state index contributed by atoms with van der Waals surface area (Å²) in [5.41, 5.74) is 0. The van der Waals surface area contributed by atoms with Crippen LogP contribution in [-0.4, -0.2) is 17.8 Å². The van der Waals surface area contributed by atoms with Crippen molar-refractivity contribution in [2.45, 2.75) is 57.6 Å². The molecule has 0 aliphatic heterocycles. The predicted octanol–water partition coefficient (Wildman–Crippen LogP) is 3.21. The van der Waals surface area contributed by atoms with E-state index in [1.807, 2.05) is 0 Å². The minimum Gasteiger partial charge on any atom is -0.466 e. The van der Waals surface area contributed by atoms with E-state index in [0.717, 1.165) is 32.1 Å². The average Bonchev–Trinajstić information content (AvgIpc) is 2.13. The average molecular weight is 218 g/mol. The zero-order valence-electron chi connectivity index (χ0n) is 9.29. The third-order valence-electron chi connectivity index (χ3n) is 2.01. The number of unbranched alkanes of at least 4 members (excludes halogenated alkanes) is 2. The molecule has 0 spiro atoms. The normalized spacial score (nSPS) is 12.5. The van der Waals surface area contributed by atoms with E-state index in [-0.39, 0.29) is 5.97 Å². The van der Waals surface area contributed by atoms with Crippen LogP contribution in [0.4, 0.5) is 0 Å². The van der Waals surface area contributed by atoms with Crippen molar-refractivity contribution in [3.63, 3.8) is 0 Å². The molecular weight excluding hydrogens is 196 g/mol. The second-order valence-corrected chi connectivity index (χ2v) is 4.55. The SMILES string of the molecule is CCCCC(=O)OCCCCC(C)S. The Morgan fingerprint density at radius 1 is 1.36 bits per heavy atom. The van der Waals surface area contributed by atoms with Gasteiger partial charge in [0.15, 0.2) is 0 Å². The molecule has 0 saturated carbocycles. The number of carbonyl (C=O) groups is 1. The molecule has 1 unspecified atom stereocenters. The lowest BCUT2D eigenvalue weighted by Crippen LogP contribution is -2.05. The van der Waals surface area contributed by atoms with Gasteiger partial charge in [-0.2, -0.15) is 12.6 Å². The second kappa shape index (κ2) is 9.38. The molecule has 0 amide bonds. The van der Waals surface area contributed by atoms with Crippen molar-refractivity contribution >= 4 is 18.6 Å². The van der Waals surface area contributed by atoms with Gasteiger partial charge in [0.25, 0.3) is 0 Å². The molecule has 0 bridgehead atoms. The molecule has 3 heteroatoms. The van der Waals surface area contributed by atoms with Crippen molar-refractivity contribution in [3.8, 4) is 0 Å². The Labute approximate surface area is 92.8 Å². The van der Waals surface area contributed by atoms with Crippen molar-refractivity contribution < 1.29 is 9.53 Å². The first-order valence-corrected chi connectivity index (χ1v) is 6.02. The number of esters is 1. The first-order valence-electron chi connectivity index (χ1n) is 5.50. The molecule has 1 atom stereocenters. The van der Waals surface area contributed by atoms with E-state index < -0.39 is 0 Å². The molecule has 84 valence electrons. The molecule has 0 aromatic heterocycles. The fraction of sp³-hybridized carbons (Fsp3) is 0.909. The Kier molecular flexibility index (Phi) is 9.26. The van der Waals surface area contributed by atoms with Crippen LogP contribution in [-0.2, 0) is 9.53 Å². The molecule has 0 heterocycles. The molecular formula is C11H22O2S. The van der Waals surface area contributed by atoms with E-state index in [4.69, 9.17) is 4.74 Å². The van der Waals surface area contributed by atoms with Gasteiger partial charge in [-0.15, -0.1) is 0 Å². The fourth-order valence-electron chi connectivity index (χ4n) is 1.12. The maximum atomic E-state index is 11.1. The number of thiol groups is 1. The Bertz CT molecular complexity index is 146. The molecule has 0 aliphatic carbocycles. The van der Waals surface area contributed by atoms with Crippen LogP contribution >= 0.6 is 12.6 Å². The van der Waals surface area contributed by atoms with Gasteiger partial charge in [-0.25, -0.2) is 0 Å². The molecule has 0 aromatic rings. The largest absolute Gasteiger partial charge is 0.466 e. The summed E-state index contributed by atoms with van der Waals surface area (Å²) in [5, 5.41) is 0.450. The molecule has 0 saturated heterocycles. The highest BCUT2D eigenvalue weighted by Gasteiger charge is 2.01. The van der Waals surface area contributed by atoms with Crippen LogP contribution in [0.15, 0.2) is 0 Å². The van der Waals surface area contributed by atoms with Gasteiger partial charge < -0.3 is 4.74 Å². The molecule has 0 radical (unpaired) electrons. The zero-order valence-corrected chi connectivity index (χ0v) is 10.2. The summed E-state index contributed by atoms with van der Waals surface area (Å²) in [6, 6.07) is 0. The van der Waals surface area contributed by atoms with Crippen molar-refractivity contribution in [1.29, 1.82) is 0 Å². The molecule has 14 heavy (non-hydrogen) atoms. The van der Waals surface area contributed by atoms with Gasteiger partial charge in [0.1, 0.15) is 0 Å². The molecule has 0 fully saturated rings. The summed E-state index contributed by atoms with van der Waals surface area (Å²) in [6.45, 7) is 4.72. The van der Waals surface area contributed by atoms with Gasteiger partial charge in [-0.1, -0.05) is 20.3 Å². The Morgan fingerprint density at radius 3 is 2.64 bits per heavy atom. The maximum absolute atomic E-state index is 11.1. The van der Waals surface area contributed by atoms with Gasteiger partial charge in [-0.3, -0.25) is 4.79 Å². The van der Waals surface area contributed by atoms with Gasteiger partial charge in [-0.05, 0) is 30.9 Å². The smallest absolute Gasteiger partial charge is 0.305 e. The number of rotatable bonds is 8. The van der Waals surface area contributed by atoms with E-state index in [0.29, 0.717) is 18.3 Å². The van der Waals surface area contributed by atoms with Crippen LogP contribution < -0.4 is 0 Å². The quantitative estimate of drug-likeness (QED) is 0.385. The van der Waals surface area contributed by atoms with Crippen molar-refractivity contribution in [1.82, 2.24) is 0 Å². The van der Waals surface area contributed by atoms with Crippen molar-refractivity contribution in [2.24, 2.45) is 0 Å². The number of ether oxygens (including phenoxy) is 1. The summed E-state index contributed by atoms with van der Waals surface area (Å²) in [7, 11) is 0. The molecule has 0 rings (SSSR count). The van der Waals surface area contributed by atoms with E-state index in [9.17, 15) is 4.79 Å². The van der Waals surface area contributed by atoms with Gasteiger partial charge in [0.05, 0.1) is 6.61 Å². The van der Waals surface area contributed by atoms with E-state index >= 15 is 0 Å². The van der Waals surface area contributed by atoms with Gasteiger partial charge >= 0.3 is 5.97 Å². The zero-order chi connectivity index (χ0) is 10.8. The highest BCUT2D eigenvalue weighted by Crippen LogP contribution is 2.06. The highest BCUT2D eigenvalue weighted by molar-refractivity contribution is 7.80. The first-order chi connectivity index (χ1) is 6.66. The summed E-state index contributed by atoms with van der Waals surface area (Å²) >= 11 is 4.28. The highest BCUT2D eigenvalue weighted by atomic mass is 32.1. The Hall–Kier alpha value is -0.180. The van der Waals surface area contributed by atoms with Crippen molar-refractivity contribution in [3.05, 3.63) is 0 Å². The Balaban J connectivity index is 3.15. The van der Waals surface area contributed by atoms with E-state index in [2.05, 4.69) is 26.5 Å². The molecule has 0 aromatic carbocycles. The number of hydrogen-bond acceptors (Lipinski definition) is 3. The monoisotopic (exact) mass is 218 g/mol. The van der Waals surface area contributed by atoms with Crippen LogP contribution in [0.5, 0.6) is 0 Å². The van der Waals surface area contributed by atoms with Crippen molar-refractivity contribution in [2.75, 3.05) is 6.61 Å². The third-order valence-corrected chi connectivity index (χ3v) is 2.27. The van der Waals surface area contributed by atoms with E-state index in [1.54, 1.807) is 0 Å². The van der Waals surface area contributed by atoms with Crippen LogP contribution in [0.3, 0.4) is 0 Å². The minimum absolute atomic E-state index is 0.0502. The standard InChI is InChI=1S/C11H22O2S/c1-3-4-8-11(12)13-9-6-5-7-10(2)14/h10,14H,3-9H2,1-2H3. The van der Waals surface area contributed by atoms with Crippen LogP contribution in [0.2, 0.25) is 0 Å².